The van der Waals surface area contributed by atoms with Gasteiger partial charge >= 0.3 is 5.97 Å². The van der Waals surface area contributed by atoms with Crippen LogP contribution in [0.25, 0.3) is 0 Å². The number of rotatable bonds is 4. The Bertz CT molecular complexity index is 612. The van der Waals surface area contributed by atoms with Gasteiger partial charge in [-0.1, -0.05) is 12.1 Å². The summed E-state index contributed by atoms with van der Waals surface area (Å²) in [6, 6.07) is 16.3. The lowest BCUT2D eigenvalue weighted by Crippen LogP contribution is -1.94. The molecule has 4 heteroatoms. The summed E-state index contributed by atoms with van der Waals surface area (Å²) in [6.45, 7) is 0. The zero-order valence-corrected chi connectivity index (χ0v) is 10.9. The maximum absolute atomic E-state index is 10.7. The molecule has 0 spiro atoms. The van der Waals surface area contributed by atoms with Gasteiger partial charge in [0, 0.05) is 10.6 Å². The van der Waals surface area contributed by atoms with Crippen LogP contribution in [-0.2, 0) is 5.75 Å². The number of aromatic carboxylic acids is 1. The highest BCUT2D eigenvalue weighted by Crippen LogP contribution is 2.23. The molecule has 0 aliphatic rings. The zero-order valence-electron chi connectivity index (χ0n) is 10.0. The number of carboxylic acids is 1. The van der Waals surface area contributed by atoms with Crippen molar-refractivity contribution >= 4 is 17.7 Å². The number of benzene rings is 2. The van der Waals surface area contributed by atoms with Gasteiger partial charge < -0.3 is 5.11 Å². The number of carboxylic acid groups (broad SMARTS) is 1. The third kappa shape index (κ3) is 3.60. The Balaban J connectivity index is 1.98. The van der Waals surface area contributed by atoms with Gasteiger partial charge in [0.15, 0.2) is 0 Å². The Morgan fingerprint density at radius 3 is 2.26 bits per heavy atom. The quantitative estimate of drug-likeness (QED) is 0.862. The molecule has 0 fully saturated rings. The largest absolute Gasteiger partial charge is 0.478 e. The van der Waals surface area contributed by atoms with Crippen LogP contribution in [0.1, 0.15) is 21.5 Å². The molecule has 1 N–H and O–H groups in total. The molecule has 0 radical (unpaired) electrons. The van der Waals surface area contributed by atoms with Crippen molar-refractivity contribution in [3.8, 4) is 6.07 Å². The van der Waals surface area contributed by atoms with Gasteiger partial charge in [-0.25, -0.2) is 4.79 Å². The Labute approximate surface area is 115 Å². The third-order valence-corrected chi connectivity index (χ3v) is 3.67. The second-order valence-corrected chi connectivity index (χ2v) is 4.98. The SMILES string of the molecule is N#Cc1ccc(CSc2ccc(C(=O)O)cc2)cc1. The van der Waals surface area contributed by atoms with E-state index in [0.29, 0.717) is 11.1 Å². The van der Waals surface area contributed by atoms with Crippen LogP contribution in [0.2, 0.25) is 0 Å². The first-order chi connectivity index (χ1) is 9.19. The van der Waals surface area contributed by atoms with Crippen molar-refractivity contribution in [1.82, 2.24) is 0 Å². The number of hydrogen-bond donors (Lipinski definition) is 1. The highest BCUT2D eigenvalue weighted by atomic mass is 32.2. The van der Waals surface area contributed by atoms with E-state index < -0.39 is 5.97 Å². The fourth-order valence-electron chi connectivity index (χ4n) is 1.54. The molecule has 19 heavy (non-hydrogen) atoms. The van der Waals surface area contributed by atoms with Gasteiger partial charge in [0.1, 0.15) is 0 Å². The summed E-state index contributed by atoms with van der Waals surface area (Å²) in [6.07, 6.45) is 0. The molecule has 2 aromatic carbocycles. The van der Waals surface area contributed by atoms with Gasteiger partial charge in [0.2, 0.25) is 0 Å². The minimum atomic E-state index is -0.913. The van der Waals surface area contributed by atoms with Crippen LogP contribution >= 0.6 is 11.8 Å². The van der Waals surface area contributed by atoms with Crippen molar-refractivity contribution in [2.75, 3.05) is 0 Å². The monoisotopic (exact) mass is 269 g/mol. The van der Waals surface area contributed by atoms with E-state index >= 15 is 0 Å². The molecule has 0 saturated heterocycles. The second kappa shape index (κ2) is 6.07. The van der Waals surface area contributed by atoms with Crippen LogP contribution in [0.4, 0.5) is 0 Å². The fourth-order valence-corrected chi connectivity index (χ4v) is 2.39. The molecule has 0 aliphatic heterocycles. The second-order valence-electron chi connectivity index (χ2n) is 3.93. The predicted octanol–water partition coefficient (Wildman–Crippen LogP) is 3.55. The van der Waals surface area contributed by atoms with Gasteiger partial charge in [0.25, 0.3) is 0 Å². The molecular weight excluding hydrogens is 258 g/mol. The fraction of sp³-hybridized carbons (Fsp3) is 0.0667. The Hall–Kier alpha value is -2.25. The van der Waals surface area contributed by atoms with Gasteiger partial charge in [0.05, 0.1) is 17.2 Å². The van der Waals surface area contributed by atoms with E-state index in [1.165, 1.54) is 0 Å². The van der Waals surface area contributed by atoms with E-state index in [1.807, 2.05) is 12.1 Å². The normalized spacial score (nSPS) is 9.84. The smallest absolute Gasteiger partial charge is 0.335 e. The highest BCUT2D eigenvalue weighted by Gasteiger charge is 2.02. The van der Waals surface area contributed by atoms with E-state index in [4.69, 9.17) is 10.4 Å². The summed E-state index contributed by atoms with van der Waals surface area (Å²) in [4.78, 5) is 11.7. The minimum absolute atomic E-state index is 0.294. The van der Waals surface area contributed by atoms with Crippen molar-refractivity contribution in [2.45, 2.75) is 10.6 Å². The molecule has 0 saturated carbocycles. The molecule has 0 amide bonds. The molecule has 0 atom stereocenters. The maximum Gasteiger partial charge on any atom is 0.335 e. The van der Waals surface area contributed by atoms with Gasteiger partial charge in [-0.05, 0) is 42.0 Å². The van der Waals surface area contributed by atoms with Crippen LogP contribution in [0.3, 0.4) is 0 Å². The van der Waals surface area contributed by atoms with Crippen molar-refractivity contribution < 1.29 is 9.90 Å². The van der Waals surface area contributed by atoms with Crippen LogP contribution in [0.5, 0.6) is 0 Å². The summed E-state index contributed by atoms with van der Waals surface area (Å²) in [5.41, 5.74) is 2.08. The van der Waals surface area contributed by atoms with Crippen LogP contribution < -0.4 is 0 Å². The molecule has 0 aliphatic carbocycles. The van der Waals surface area contributed by atoms with Crippen molar-refractivity contribution in [1.29, 1.82) is 5.26 Å². The van der Waals surface area contributed by atoms with E-state index in [2.05, 4.69) is 6.07 Å². The lowest BCUT2D eigenvalue weighted by molar-refractivity contribution is 0.0697. The maximum atomic E-state index is 10.7. The predicted molar refractivity (Wildman–Crippen MR) is 74.1 cm³/mol. The third-order valence-electron chi connectivity index (χ3n) is 2.59. The number of nitriles is 1. The molecule has 3 nitrogen and oxygen atoms in total. The Morgan fingerprint density at radius 1 is 1.11 bits per heavy atom. The number of thioether (sulfide) groups is 1. The molecule has 0 bridgehead atoms. The van der Waals surface area contributed by atoms with Gasteiger partial charge in [-0.15, -0.1) is 11.8 Å². The number of nitrogens with zero attached hydrogens (tertiary/aromatic N) is 1. The molecule has 0 unspecified atom stereocenters. The first-order valence-electron chi connectivity index (χ1n) is 5.64. The average Bonchev–Trinajstić information content (AvgIpc) is 2.46. The van der Waals surface area contributed by atoms with Gasteiger partial charge in [-0.2, -0.15) is 5.26 Å². The number of carbonyl (C=O) groups is 1. The minimum Gasteiger partial charge on any atom is -0.478 e. The van der Waals surface area contributed by atoms with E-state index in [-0.39, 0.29) is 0 Å². The molecular formula is C15H11NO2S. The van der Waals surface area contributed by atoms with Crippen LogP contribution in [0, 0.1) is 11.3 Å². The molecule has 2 aromatic rings. The molecule has 2 rings (SSSR count). The topological polar surface area (TPSA) is 61.1 Å². The van der Waals surface area contributed by atoms with E-state index in [9.17, 15) is 4.79 Å². The van der Waals surface area contributed by atoms with Crippen LogP contribution in [0.15, 0.2) is 53.4 Å². The summed E-state index contributed by atoms with van der Waals surface area (Å²) in [5, 5.41) is 17.5. The standard InChI is InChI=1S/C15H11NO2S/c16-9-11-1-3-12(4-2-11)10-19-14-7-5-13(6-8-14)15(17)18/h1-8H,10H2,(H,17,18). The highest BCUT2D eigenvalue weighted by molar-refractivity contribution is 7.98. The Kier molecular flexibility index (Phi) is 4.22. The molecule has 0 aromatic heterocycles. The van der Waals surface area contributed by atoms with E-state index in [1.54, 1.807) is 48.2 Å². The van der Waals surface area contributed by atoms with Crippen molar-refractivity contribution in [3.05, 3.63) is 65.2 Å². The molecule has 94 valence electrons. The van der Waals surface area contributed by atoms with Crippen LogP contribution in [-0.4, -0.2) is 11.1 Å². The number of hydrogen-bond acceptors (Lipinski definition) is 3. The van der Waals surface area contributed by atoms with Gasteiger partial charge in [-0.3, -0.25) is 0 Å². The lowest BCUT2D eigenvalue weighted by Gasteiger charge is -2.03. The average molecular weight is 269 g/mol. The zero-order chi connectivity index (χ0) is 13.7. The first kappa shape index (κ1) is 13.2. The summed E-state index contributed by atoms with van der Waals surface area (Å²) in [7, 11) is 0. The summed E-state index contributed by atoms with van der Waals surface area (Å²) in [5.74, 6) is -0.123. The van der Waals surface area contributed by atoms with Crippen molar-refractivity contribution in [3.63, 3.8) is 0 Å². The van der Waals surface area contributed by atoms with E-state index in [0.717, 1.165) is 16.2 Å². The first-order valence-corrected chi connectivity index (χ1v) is 6.63. The Morgan fingerprint density at radius 2 is 1.74 bits per heavy atom. The van der Waals surface area contributed by atoms with Crippen molar-refractivity contribution in [2.24, 2.45) is 0 Å². The summed E-state index contributed by atoms with van der Waals surface area (Å²) >= 11 is 1.63. The lowest BCUT2D eigenvalue weighted by atomic mass is 10.2. The molecule has 0 heterocycles. The summed E-state index contributed by atoms with van der Waals surface area (Å²) < 4.78 is 0.